The molecule has 0 aliphatic heterocycles. The quantitative estimate of drug-likeness (QED) is 0.381. The Morgan fingerprint density at radius 2 is 1.68 bits per heavy atom. The second-order valence-corrected chi connectivity index (χ2v) is 7.13. The molecule has 10 nitrogen and oxygen atoms in total. The van der Waals surface area contributed by atoms with E-state index in [4.69, 9.17) is 20.8 Å². The third-order valence-corrected chi connectivity index (χ3v) is 4.82. The van der Waals surface area contributed by atoms with Crippen molar-refractivity contribution in [2.45, 2.75) is 40.0 Å². The summed E-state index contributed by atoms with van der Waals surface area (Å²) in [7, 11) is 1.53. The van der Waals surface area contributed by atoms with Gasteiger partial charge in [-0.15, -0.1) is 0 Å². The molecule has 3 heterocycles. The van der Waals surface area contributed by atoms with E-state index in [0.717, 1.165) is 30.3 Å². The highest BCUT2D eigenvalue weighted by Gasteiger charge is 2.10. The Hall–Kier alpha value is -3.94. The zero-order valence-corrected chi connectivity index (χ0v) is 19.8. The molecule has 0 saturated carbocycles. The zero-order chi connectivity index (χ0) is 24.8. The molecular weight excluding hydrogens is 432 g/mol. The summed E-state index contributed by atoms with van der Waals surface area (Å²) < 4.78 is 9.03. The van der Waals surface area contributed by atoms with Crippen LogP contribution in [0.3, 0.4) is 0 Å². The molecule has 0 bridgehead atoms. The number of nitrogens with two attached hydrogens (primary N) is 1. The van der Waals surface area contributed by atoms with Crippen molar-refractivity contribution >= 4 is 0 Å². The molecule has 1 aromatic carbocycles. The van der Waals surface area contributed by atoms with E-state index < -0.39 is 0 Å². The molecule has 0 unspecified atom stereocenters. The van der Waals surface area contributed by atoms with E-state index in [2.05, 4.69) is 26.0 Å². The Morgan fingerprint density at radius 1 is 1.06 bits per heavy atom. The van der Waals surface area contributed by atoms with E-state index >= 15 is 0 Å². The predicted molar refractivity (Wildman–Crippen MR) is 130 cm³/mol. The number of nitrogens with zero attached hydrogens (tertiary/aromatic N) is 6. The maximum Gasteiger partial charge on any atom is 0.237 e. The van der Waals surface area contributed by atoms with E-state index in [1.807, 2.05) is 65.7 Å². The van der Waals surface area contributed by atoms with E-state index in [1.54, 1.807) is 12.4 Å². The average molecular weight is 465 g/mol. The summed E-state index contributed by atoms with van der Waals surface area (Å²) in [6.07, 6.45) is 7.89. The van der Waals surface area contributed by atoms with Gasteiger partial charge in [-0.3, -0.25) is 0 Å². The molecule has 0 amide bonds. The maximum atomic E-state index is 9.06. The van der Waals surface area contributed by atoms with Crippen molar-refractivity contribution in [2.75, 3.05) is 13.7 Å². The molecule has 0 aliphatic rings. The minimum absolute atomic E-state index is 0.108. The van der Waals surface area contributed by atoms with Gasteiger partial charge in [-0.2, -0.15) is 10.2 Å². The van der Waals surface area contributed by atoms with Crippen LogP contribution in [-0.2, 0) is 19.7 Å². The first-order valence-electron chi connectivity index (χ1n) is 10.9. The number of aromatic amines is 1. The molecule has 0 spiro atoms. The Kier molecular flexibility index (Phi) is 11.0. The molecule has 3 aromatic heterocycles. The van der Waals surface area contributed by atoms with Gasteiger partial charge < -0.3 is 29.7 Å². The van der Waals surface area contributed by atoms with Crippen molar-refractivity contribution in [3.05, 3.63) is 72.5 Å². The van der Waals surface area contributed by atoms with Gasteiger partial charge >= 0.3 is 0 Å². The van der Waals surface area contributed by atoms with Gasteiger partial charge in [-0.05, 0) is 13.8 Å². The smallest absolute Gasteiger partial charge is 0.237 e. The fraction of sp³-hybridized carbons (Fsp3) is 0.333. The van der Waals surface area contributed by atoms with Gasteiger partial charge in [0.05, 0.1) is 26.2 Å². The van der Waals surface area contributed by atoms with E-state index in [1.165, 1.54) is 7.11 Å². The summed E-state index contributed by atoms with van der Waals surface area (Å²) in [5.41, 5.74) is 6.90. The van der Waals surface area contributed by atoms with Crippen LogP contribution in [0.15, 0.2) is 55.1 Å². The normalized spacial score (nSPS) is 9.88. The van der Waals surface area contributed by atoms with Gasteiger partial charge in [0, 0.05) is 50.0 Å². The first-order chi connectivity index (χ1) is 16.5. The summed E-state index contributed by atoms with van der Waals surface area (Å²) in [6.45, 7) is 6.08. The van der Waals surface area contributed by atoms with Gasteiger partial charge in [0.1, 0.15) is 23.2 Å². The van der Waals surface area contributed by atoms with Gasteiger partial charge in [0.15, 0.2) is 0 Å². The number of benzene rings is 1. The third kappa shape index (κ3) is 7.88. The minimum Gasteiger partial charge on any atom is -0.480 e. The van der Waals surface area contributed by atoms with Crippen LogP contribution >= 0.6 is 0 Å². The van der Waals surface area contributed by atoms with Crippen molar-refractivity contribution < 1.29 is 9.84 Å². The number of imidazole rings is 3. The summed E-state index contributed by atoms with van der Waals surface area (Å²) in [4.78, 5) is 15.3. The highest BCUT2D eigenvalue weighted by molar-refractivity contribution is 5.56. The van der Waals surface area contributed by atoms with E-state index in [0.29, 0.717) is 30.4 Å². The number of nitrogens with one attached hydrogen (secondary N) is 1. The molecule has 0 aliphatic carbocycles. The number of rotatable bonds is 7. The number of H-pyrrole nitrogens is 1. The topological polar surface area (TPSA) is 144 Å². The van der Waals surface area contributed by atoms with Crippen LogP contribution in [0.5, 0.6) is 5.88 Å². The largest absolute Gasteiger partial charge is 0.480 e. The van der Waals surface area contributed by atoms with Crippen molar-refractivity contribution in [1.29, 1.82) is 5.26 Å². The molecule has 180 valence electrons. The van der Waals surface area contributed by atoms with Gasteiger partial charge in [-0.25, -0.2) is 9.97 Å². The predicted octanol–water partition coefficient (Wildman–Crippen LogP) is 2.83. The lowest BCUT2D eigenvalue weighted by Crippen LogP contribution is -2.09. The molecule has 34 heavy (non-hydrogen) atoms. The van der Waals surface area contributed by atoms with Crippen LogP contribution in [0.1, 0.15) is 23.8 Å². The van der Waals surface area contributed by atoms with Crippen LogP contribution in [0.4, 0.5) is 0 Å². The van der Waals surface area contributed by atoms with Gasteiger partial charge in [0.25, 0.3) is 0 Å². The summed E-state index contributed by atoms with van der Waals surface area (Å²) in [5, 5.41) is 17.3. The Balaban J connectivity index is 0.000000189. The molecule has 4 rings (SSSR count). The fourth-order valence-corrected chi connectivity index (χ4v) is 2.99. The van der Waals surface area contributed by atoms with Crippen LogP contribution < -0.4 is 10.5 Å². The number of hydrogen-bond donors (Lipinski definition) is 3. The number of aliphatic hydroxyl groups is 1. The molecule has 0 saturated heterocycles. The van der Waals surface area contributed by atoms with Crippen molar-refractivity contribution in [1.82, 2.24) is 29.1 Å². The van der Waals surface area contributed by atoms with Crippen LogP contribution in [0.2, 0.25) is 0 Å². The van der Waals surface area contributed by atoms with E-state index in [-0.39, 0.29) is 6.61 Å². The standard InChI is InChI=1S/C11H12N2O2.C7H9N3.C6H11N3/c1-15-11-9(7-14)12-10(13-11)8-5-3-2-4-6-8;1-7-9-4-6-10(7)5-2-3-8;1-6-8-3-5-9(6)4-2-7/h2-6,14H,7H2,1H3,(H,12,13);4,6H,2,5H2,1H3;3,5H,2,4,7H2,1H3. The molecule has 0 radical (unpaired) electrons. The fourth-order valence-electron chi connectivity index (χ4n) is 2.99. The summed E-state index contributed by atoms with van der Waals surface area (Å²) in [6, 6.07) is 11.8. The number of ether oxygens (including phenoxy) is 1. The minimum atomic E-state index is -0.108. The molecule has 4 aromatic rings. The van der Waals surface area contributed by atoms with Crippen LogP contribution in [-0.4, -0.2) is 47.8 Å². The number of nitriles is 1. The lowest BCUT2D eigenvalue weighted by atomic mass is 10.2. The molecule has 4 N–H and O–H groups in total. The first kappa shape index (κ1) is 26.3. The number of aryl methyl sites for hydroxylation is 3. The van der Waals surface area contributed by atoms with Gasteiger partial charge in [0.2, 0.25) is 5.88 Å². The Morgan fingerprint density at radius 3 is 2.12 bits per heavy atom. The summed E-state index contributed by atoms with van der Waals surface area (Å²) in [5.74, 6) is 3.14. The molecule has 0 fully saturated rings. The number of aromatic nitrogens is 6. The highest BCUT2D eigenvalue weighted by Crippen LogP contribution is 2.22. The lowest BCUT2D eigenvalue weighted by molar-refractivity contribution is 0.268. The van der Waals surface area contributed by atoms with Crippen molar-refractivity contribution in [3.63, 3.8) is 0 Å². The van der Waals surface area contributed by atoms with E-state index in [9.17, 15) is 0 Å². The first-order valence-corrected chi connectivity index (χ1v) is 10.9. The second kappa shape index (κ2) is 14.3. The van der Waals surface area contributed by atoms with Crippen LogP contribution in [0.25, 0.3) is 11.4 Å². The second-order valence-electron chi connectivity index (χ2n) is 7.13. The maximum absolute atomic E-state index is 9.06. The Bertz CT molecular complexity index is 1120. The summed E-state index contributed by atoms with van der Waals surface area (Å²) >= 11 is 0. The van der Waals surface area contributed by atoms with Crippen molar-refractivity contribution in [2.24, 2.45) is 5.73 Å². The molecule has 10 heteroatoms. The monoisotopic (exact) mass is 464 g/mol. The lowest BCUT2D eigenvalue weighted by Gasteiger charge is -1.99. The van der Waals surface area contributed by atoms with Gasteiger partial charge in [-0.1, -0.05) is 30.3 Å². The molecule has 0 atom stereocenters. The average Bonchev–Trinajstić information content (AvgIpc) is 3.59. The van der Waals surface area contributed by atoms with Crippen molar-refractivity contribution in [3.8, 4) is 23.3 Å². The van der Waals surface area contributed by atoms with Crippen LogP contribution in [0, 0.1) is 25.2 Å². The zero-order valence-electron chi connectivity index (χ0n) is 19.8. The molecular formula is C24H32N8O2. The highest BCUT2D eigenvalue weighted by atomic mass is 16.5. The number of aliphatic hydroxyl groups excluding tert-OH is 1. The SMILES string of the molecule is COc1nc(-c2ccccc2)[nH]c1CO.Cc1nccn1CCC#N.Cc1nccn1CCN. The number of methoxy groups -OCH3 is 1. The number of hydrogen-bond acceptors (Lipinski definition) is 7. The Labute approximate surface area is 199 Å². The third-order valence-electron chi connectivity index (χ3n) is 4.82.